The van der Waals surface area contributed by atoms with Crippen molar-refractivity contribution in [2.75, 3.05) is 19.6 Å². The summed E-state index contributed by atoms with van der Waals surface area (Å²) in [6.07, 6.45) is 3.09. The summed E-state index contributed by atoms with van der Waals surface area (Å²) in [5, 5.41) is 3.08. The number of nitrogens with one attached hydrogen (secondary N) is 1. The SMILES string of the molecule is O=S(=O)(c1cc(F)c(F)c(F)c1)N1CCNCC1c1cccnc1. The summed E-state index contributed by atoms with van der Waals surface area (Å²) >= 11 is 0. The molecule has 9 heteroatoms. The smallest absolute Gasteiger partial charge is 0.243 e. The van der Waals surface area contributed by atoms with Gasteiger partial charge in [0.15, 0.2) is 17.5 Å². The van der Waals surface area contributed by atoms with Gasteiger partial charge >= 0.3 is 0 Å². The van der Waals surface area contributed by atoms with E-state index in [9.17, 15) is 21.6 Å². The number of pyridine rings is 1. The lowest BCUT2D eigenvalue weighted by molar-refractivity contribution is 0.271. The minimum absolute atomic E-state index is 0.114. The second kappa shape index (κ2) is 6.50. The zero-order valence-electron chi connectivity index (χ0n) is 12.4. The molecular formula is C15H14F3N3O2S. The molecule has 1 atom stereocenters. The van der Waals surface area contributed by atoms with Crippen LogP contribution in [0.5, 0.6) is 0 Å². The van der Waals surface area contributed by atoms with Crippen molar-refractivity contribution in [3.8, 4) is 0 Å². The zero-order valence-corrected chi connectivity index (χ0v) is 13.2. The van der Waals surface area contributed by atoms with Gasteiger partial charge in [0.25, 0.3) is 0 Å². The van der Waals surface area contributed by atoms with E-state index in [4.69, 9.17) is 0 Å². The molecule has 128 valence electrons. The van der Waals surface area contributed by atoms with E-state index < -0.39 is 38.4 Å². The highest BCUT2D eigenvalue weighted by Gasteiger charge is 2.35. The molecule has 0 amide bonds. The van der Waals surface area contributed by atoms with E-state index in [1.165, 1.54) is 6.20 Å². The van der Waals surface area contributed by atoms with Gasteiger partial charge in [0.2, 0.25) is 10.0 Å². The second-order valence-corrected chi connectivity index (χ2v) is 7.21. The molecular weight excluding hydrogens is 343 g/mol. The maximum absolute atomic E-state index is 13.4. The number of sulfonamides is 1. The van der Waals surface area contributed by atoms with Gasteiger partial charge < -0.3 is 5.32 Å². The number of rotatable bonds is 3. The third-order valence-corrected chi connectivity index (χ3v) is 5.71. The summed E-state index contributed by atoms with van der Waals surface area (Å²) in [4.78, 5) is 3.35. The molecule has 0 spiro atoms. The van der Waals surface area contributed by atoms with Gasteiger partial charge in [-0.2, -0.15) is 4.31 Å². The van der Waals surface area contributed by atoms with Gasteiger partial charge in [0, 0.05) is 32.0 Å². The maximum atomic E-state index is 13.4. The van der Waals surface area contributed by atoms with Crippen LogP contribution in [0, 0.1) is 17.5 Å². The Morgan fingerprint density at radius 3 is 2.54 bits per heavy atom. The van der Waals surface area contributed by atoms with Crippen LogP contribution >= 0.6 is 0 Å². The molecule has 5 nitrogen and oxygen atoms in total. The van der Waals surface area contributed by atoms with Crippen molar-refractivity contribution in [1.29, 1.82) is 0 Å². The Morgan fingerprint density at radius 2 is 1.92 bits per heavy atom. The van der Waals surface area contributed by atoms with E-state index in [0.717, 1.165) is 4.31 Å². The third kappa shape index (κ3) is 3.02. The van der Waals surface area contributed by atoms with E-state index in [1.54, 1.807) is 18.3 Å². The normalized spacial score (nSPS) is 19.4. The van der Waals surface area contributed by atoms with Crippen LogP contribution in [-0.4, -0.2) is 37.3 Å². The van der Waals surface area contributed by atoms with Gasteiger partial charge in [0.05, 0.1) is 10.9 Å². The lowest BCUT2D eigenvalue weighted by atomic mass is 10.1. The summed E-state index contributed by atoms with van der Waals surface area (Å²) in [6.45, 7) is 0.835. The van der Waals surface area contributed by atoms with Crippen LogP contribution in [0.1, 0.15) is 11.6 Å². The fourth-order valence-corrected chi connectivity index (χ4v) is 4.29. The van der Waals surface area contributed by atoms with E-state index >= 15 is 0 Å². The summed E-state index contributed by atoms with van der Waals surface area (Å²) in [7, 11) is -4.20. The van der Waals surface area contributed by atoms with Crippen molar-refractivity contribution in [1.82, 2.24) is 14.6 Å². The van der Waals surface area contributed by atoms with E-state index in [0.29, 0.717) is 30.8 Å². The molecule has 1 aromatic heterocycles. The molecule has 3 rings (SSSR count). The minimum atomic E-state index is -4.20. The second-order valence-electron chi connectivity index (χ2n) is 5.32. The molecule has 1 aliphatic heterocycles. The molecule has 0 bridgehead atoms. The molecule has 0 aliphatic carbocycles. The van der Waals surface area contributed by atoms with Crippen LogP contribution in [0.4, 0.5) is 13.2 Å². The highest BCUT2D eigenvalue weighted by atomic mass is 32.2. The Morgan fingerprint density at radius 1 is 1.21 bits per heavy atom. The first kappa shape index (κ1) is 16.9. The first-order valence-corrected chi connectivity index (χ1v) is 8.62. The number of halogens is 3. The van der Waals surface area contributed by atoms with Crippen molar-refractivity contribution in [3.05, 3.63) is 59.7 Å². The molecule has 2 heterocycles. The van der Waals surface area contributed by atoms with Crippen molar-refractivity contribution in [3.63, 3.8) is 0 Å². The molecule has 1 saturated heterocycles. The Bertz CT molecular complexity index is 823. The molecule has 24 heavy (non-hydrogen) atoms. The fraction of sp³-hybridized carbons (Fsp3) is 0.267. The molecule has 1 aromatic carbocycles. The topological polar surface area (TPSA) is 62.3 Å². The monoisotopic (exact) mass is 357 g/mol. The zero-order chi connectivity index (χ0) is 17.3. The number of nitrogens with zero attached hydrogens (tertiary/aromatic N) is 2. The Labute approximate surface area is 137 Å². The average molecular weight is 357 g/mol. The van der Waals surface area contributed by atoms with Gasteiger partial charge in [-0.15, -0.1) is 0 Å². The van der Waals surface area contributed by atoms with Crippen LogP contribution in [0.3, 0.4) is 0 Å². The standard InChI is InChI=1S/C15H14F3N3O2S/c16-12-6-11(7-13(17)15(12)18)24(22,23)21-5-4-20-9-14(21)10-2-1-3-19-8-10/h1-3,6-8,14,20H,4-5,9H2. The maximum Gasteiger partial charge on any atom is 0.243 e. The Kier molecular flexibility index (Phi) is 4.57. The lowest BCUT2D eigenvalue weighted by Crippen LogP contribution is -2.48. The van der Waals surface area contributed by atoms with Crippen LogP contribution in [-0.2, 0) is 10.0 Å². The molecule has 1 unspecified atom stereocenters. The predicted molar refractivity (Wildman–Crippen MR) is 80.1 cm³/mol. The first-order chi connectivity index (χ1) is 11.4. The summed E-state index contributed by atoms with van der Waals surface area (Å²) in [5.74, 6) is -4.78. The molecule has 0 saturated carbocycles. The Hall–Kier alpha value is -1.97. The number of hydrogen-bond acceptors (Lipinski definition) is 4. The van der Waals surface area contributed by atoms with E-state index in [2.05, 4.69) is 10.3 Å². The van der Waals surface area contributed by atoms with Gasteiger partial charge in [-0.05, 0) is 23.8 Å². The summed E-state index contributed by atoms with van der Waals surface area (Å²) < 4.78 is 66.7. The largest absolute Gasteiger partial charge is 0.313 e. The van der Waals surface area contributed by atoms with Gasteiger partial charge in [0.1, 0.15) is 0 Å². The van der Waals surface area contributed by atoms with Crippen LogP contribution in [0.2, 0.25) is 0 Å². The molecule has 0 radical (unpaired) electrons. The molecule has 1 fully saturated rings. The van der Waals surface area contributed by atoms with Gasteiger partial charge in [-0.3, -0.25) is 4.98 Å². The van der Waals surface area contributed by atoms with Crippen LogP contribution < -0.4 is 5.32 Å². The molecule has 1 N–H and O–H groups in total. The predicted octanol–water partition coefficient (Wildman–Crippen LogP) is 1.83. The average Bonchev–Trinajstić information content (AvgIpc) is 2.60. The van der Waals surface area contributed by atoms with Gasteiger partial charge in [-0.1, -0.05) is 6.07 Å². The highest BCUT2D eigenvalue weighted by Crippen LogP contribution is 2.29. The van der Waals surface area contributed by atoms with E-state index in [-0.39, 0.29) is 6.54 Å². The quantitative estimate of drug-likeness (QED) is 0.852. The number of benzene rings is 1. The number of piperazine rings is 1. The third-order valence-electron chi connectivity index (χ3n) is 3.83. The lowest BCUT2D eigenvalue weighted by Gasteiger charge is -2.35. The van der Waals surface area contributed by atoms with Gasteiger partial charge in [-0.25, -0.2) is 21.6 Å². The first-order valence-electron chi connectivity index (χ1n) is 7.18. The Balaban J connectivity index is 2.04. The fourth-order valence-electron chi connectivity index (χ4n) is 2.65. The molecule has 1 aliphatic rings. The van der Waals surface area contributed by atoms with Crippen LogP contribution in [0.15, 0.2) is 41.6 Å². The minimum Gasteiger partial charge on any atom is -0.313 e. The summed E-state index contributed by atoms with van der Waals surface area (Å²) in [5.41, 5.74) is 0.649. The van der Waals surface area contributed by atoms with Crippen molar-refractivity contribution < 1.29 is 21.6 Å². The summed E-state index contributed by atoms with van der Waals surface area (Å²) in [6, 6.07) is 3.81. The number of hydrogen-bond donors (Lipinski definition) is 1. The molecule has 2 aromatic rings. The van der Waals surface area contributed by atoms with Crippen molar-refractivity contribution >= 4 is 10.0 Å². The number of aromatic nitrogens is 1. The van der Waals surface area contributed by atoms with Crippen LogP contribution in [0.25, 0.3) is 0 Å². The van der Waals surface area contributed by atoms with Crippen molar-refractivity contribution in [2.24, 2.45) is 0 Å². The van der Waals surface area contributed by atoms with E-state index in [1.807, 2.05) is 0 Å². The highest BCUT2D eigenvalue weighted by molar-refractivity contribution is 7.89. The van der Waals surface area contributed by atoms with Crippen molar-refractivity contribution in [2.45, 2.75) is 10.9 Å².